The largest absolute Gasteiger partial charge is 0.504 e. The van der Waals surface area contributed by atoms with E-state index in [-0.39, 0.29) is 35.6 Å². The number of fused-ring (bicyclic) bond motifs is 1. The summed E-state index contributed by atoms with van der Waals surface area (Å²) in [5.41, 5.74) is 13.9. The molecule has 41 heavy (non-hydrogen) atoms. The third-order valence-corrected chi connectivity index (χ3v) is 8.89. The number of carbonyl (C=O) groups is 1. The number of phenols is 1. The van der Waals surface area contributed by atoms with Gasteiger partial charge in [0.2, 0.25) is 0 Å². The van der Waals surface area contributed by atoms with Crippen molar-refractivity contribution < 1.29 is 19.4 Å². The molecular formula is C34H49N3O4. The first-order valence-corrected chi connectivity index (χ1v) is 15.7. The van der Waals surface area contributed by atoms with E-state index in [4.69, 9.17) is 20.9 Å². The van der Waals surface area contributed by atoms with Crippen LogP contribution in [0.4, 0.5) is 0 Å². The lowest BCUT2D eigenvalue weighted by atomic mass is 9.86. The van der Waals surface area contributed by atoms with Gasteiger partial charge in [-0.25, -0.2) is 4.99 Å². The van der Waals surface area contributed by atoms with Crippen LogP contribution >= 0.6 is 0 Å². The predicted octanol–water partition coefficient (Wildman–Crippen LogP) is 5.72. The normalized spacial score (nSPS) is 21.8. The van der Waals surface area contributed by atoms with Gasteiger partial charge in [0, 0.05) is 37.7 Å². The molecule has 3 aliphatic carbocycles. The highest BCUT2D eigenvalue weighted by atomic mass is 16.5. The maximum absolute atomic E-state index is 12.9. The van der Waals surface area contributed by atoms with E-state index in [1.54, 1.807) is 13.2 Å². The Bertz CT molecular complexity index is 1130. The van der Waals surface area contributed by atoms with Gasteiger partial charge in [-0.05, 0) is 93.7 Å². The number of nitrogens with zero attached hydrogens (tertiary/aromatic N) is 1. The van der Waals surface area contributed by atoms with Crippen LogP contribution in [0, 0.1) is 23.7 Å². The number of phenolic OH excluding ortho intramolecular Hbond substituents is 1. The minimum Gasteiger partial charge on any atom is -0.504 e. The number of ketones is 1. The van der Waals surface area contributed by atoms with Crippen LogP contribution in [0.3, 0.4) is 0 Å². The van der Waals surface area contributed by atoms with E-state index in [0.29, 0.717) is 38.0 Å². The van der Waals surface area contributed by atoms with Crippen molar-refractivity contribution in [1.29, 1.82) is 0 Å². The van der Waals surface area contributed by atoms with Crippen LogP contribution in [0.15, 0.2) is 23.2 Å². The Morgan fingerprint density at radius 1 is 1.10 bits per heavy atom. The first-order chi connectivity index (χ1) is 19.9. The minimum atomic E-state index is -0.0913. The summed E-state index contributed by atoms with van der Waals surface area (Å²) in [7, 11) is 1.70. The molecule has 0 aliphatic heterocycles. The number of guanidine groups is 1. The number of hydrogen-bond acceptors (Lipinski definition) is 5. The Labute approximate surface area is 246 Å². The maximum atomic E-state index is 12.9. The van der Waals surface area contributed by atoms with Gasteiger partial charge in [-0.1, -0.05) is 43.6 Å². The maximum Gasteiger partial charge on any atom is 0.186 e. The lowest BCUT2D eigenvalue weighted by Crippen LogP contribution is -2.26. The van der Waals surface area contributed by atoms with Crippen LogP contribution in [0.25, 0.3) is 0 Å². The fraction of sp³-hybridized carbons (Fsp3) is 0.647. The third kappa shape index (κ3) is 9.53. The molecule has 0 heterocycles. The van der Waals surface area contributed by atoms with Gasteiger partial charge in [0.1, 0.15) is 0 Å². The monoisotopic (exact) mass is 563 g/mol. The smallest absolute Gasteiger partial charge is 0.186 e. The van der Waals surface area contributed by atoms with Gasteiger partial charge in [0.15, 0.2) is 23.2 Å². The Morgan fingerprint density at radius 3 is 2.59 bits per heavy atom. The highest BCUT2D eigenvalue weighted by Crippen LogP contribution is 2.40. The molecule has 5 N–H and O–H groups in total. The average Bonchev–Trinajstić information content (AvgIpc) is 3.66. The SMILES string of the molecule is COC[C@H]1CC[C@@H](N=C(N)N)CC#Cc2c(CCC(=O)/C=C/CCC3CCCC3)cc(OC3CCCC3)c(O)c2C1. The molecule has 2 fully saturated rings. The molecule has 7 heteroatoms. The van der Waals surface area contributed by atoms with E-state index in [1.807, 2.05) is 12.1 Å². The predicted molar refractivity (Wildman–Crippen MR) is 164 cm³/mol. The van der Waals surface area contributed by atoms with Crippen LogP contribution in [0.5, 0.6) is 11.5 Å². The number of aryl methyl sites for hydroxylation is 1. The van der Waals surface area contributed by atoms with E-state index < -0.39 is 0 Å². The molecule has 1 aromatic rings. The molecule has 4 rings (SSSR count). The topological polar surface area (TPSA) is 120 Å². The first kappa shape index (κ1) is 31.0. The van der Waals surface area contributed by atoms with Crippen molar-refractivity contribution in [3.8, 4) is 23.3 Å². The standard InChI is InChI=1S/C34H49N3O4/c1-40-23-25-17-19-27(37-34(35)36)12-8-16-30-26(18-20-28(38)13-5-4-11-24-9-2-3-10-24)22-32(33(39)31(30)21-25)41-29-14-6-7-15-29/h5,13,22,24-25,27,29,39H,2-4,6-7,9-12,14-15,17-21,23H2,1H3,(H4,35,36,37)/b13-5+/t25-,27-/m0/s1. The molecule has 0 amide bonds. The fourth-order valence-electron chi connectivity index (χ4n) is 6.65. The number of carbonyl (C=O) groups excluding carboxylic acids is 1. The number of rotatable bonds is 12. The van der Waals surface area contributed by atoms with E-state index in [9.17, 15) is 9.90 Å². The van der Waals surface area contributed by atoms with Gasteiger partial charge in [-0.3, -0.25) is 4.79 Å². The Kier molecular flexibility index (Phi) is 12.0. The van der Waals surface area contributed by atoms with E-state index >= 15 is 0 Å². The molecule has 1 aromatic carbocycles. The molecule has 0 bridgehead atoms. The molecule has 0 spiro atoms. The Balaban J connectivity index is 1.59. The minimum absolute atomic E-state index is 0.0689. The zero-order chi connectivity index (χ0) is 29.0. The summed E-state index contributed by atoms with van der Waals surface area (Å²) in [6.45, 7) is 0.550. The highest BCUT2D eigenvalue weighted by Gasteiger charge is 2.26. The zero-order valence-corrected chi connectivity index (χ0v) is 24.8. The molecule has 0 unspecified atom stereocenters. The number of aromatic hydroxyl groups is 1. The van der Waals surface area contributed by atoms with Crippen LogP contribution < -0.4 is 16.2 Å². The lowest BCUT2D eigenvalue weighted by molar-refractivity contribution is -0.114. The summed E-state index contributed by atoms with van der Waals surface area (Å²) in [6, 6.07) is 1.83. The molecule has 0 saturated heterocycles. The van der Waals surface area contributed by atoms with Crippen molar-refractivity contribution in [3.63, 3.8) is 0 Å². The number of benzene rings is 1. The van der Waals surface area contributed by atoms with E-state index in [0.717, 1.165) is 67.6 Å². The Morgan fingerprint density at radius 2 is 1.85 bits per heavy atom. The summed E-state index contributed by atoms with van der Waals surface area (Å²) in [5, 5.41) is 11.5. The van der Waals surface area contributed by atoms with Crippen molar-refractivity contribution in [2.45, 2.75) is 115 Å². The number of aliphatic imine (C=N–C) groups is 1. The van der Waals surface area contributed by atoms with Crippen LogP contribution in [0.1, 0.15) is 107 Å². The van der Waals surface area contributed by atoms with Crippen molar-refractivity contribution in [1.82, 2.24) is 0 Å². The van der Waals surface area contributed by atoms with E-state index in [1.165, 1.54) is 32.1 Å². The number of ether oxygens (including phenoxy) is 2. The van der Waals surface area contributed by atoms with Gasteiger partial charge in [-0.2, -0.15) is 0 Å². The van der Waals surface area contributed by atoms with Crippen molar-refractivity contribution in [2.24, 2.45) is 28.3 Å². The quantitative estimate of drug-likeness (QED) is 0.129. The first-order valence-electron chi connectivity index (χ1n) is 15.7. The van der Waals surface area contributed by atoms with Gasteiger partial charge < -0.3 is 26.0 Å². The summed E-state index contributed by atoms with van der Waals surface area (Å²) in [6.07, 6.45) is 19.3. The van der Waals surface area contributed by atoms with Crippen molar-refractivity contribution in [2.75, 3.05) is 13.7 Å². The average molecular weight is 564 g/mol. The molecule has 3 aliphatic rings. The summed E-state index contributed by atoms with van der Waals surface area (Å²) in [4.78, 5) is 17.3. The second-order valence-electron chi connectivity index (χ2n) is 12.2. The van der Waals surface area contributed by atoms with Crippen LogP contribution in [-0.4, -0.2) is 42.7 Å². The van der Waals surface area contributed by atoms with Gasteiger partial charge in [-0.15, -0.1) is 0 Å². The number of methoxy groups -OCH3 is 1. The van der Waals surface area contributed by atoms with Gasteiger partial charge in [0.25, 0.3) is 0 Å². The Hall–Kier alpha value is -2.98. The molecule has 0 radical (unpaired) electrons. The number of allylic oxidation sites excluding steroid dienone is 2. The second-order valence-corrected chi connectivity index (χ2v) is 12.2. The fourth-order valence-corrected chi connectivity index (χ4v) is 6.65. The summed E-state index contributed by atoms with van der Waals surface area (Å²) < 4.78 is 11.9. The highest BCUT2D eigenvalue weighted by molar-refractivity contribution is 5.89. The number of nitrogens with two attached hydrogens (primary N) is 2. The van der Waals surface area contributed by atoms with E-state index in [2.05, 4.69) is 16.8 Å². The van der Waals surface area contributed by atoms with Crippen LogP contribution in [-0.2, 0) is 22.4 Å². The van der Waals surface area contributed by atoms with Crippen molar-refractivity contribution in [3.05, 3.63) is 34.9 Å². The van der Waals surface area contributed by atoms with Crippen molar-refractivity contribution >= 4 is 11.7 Å². The molecule has 2 atom stereocenters. The summed E-state index contributed by atoms with van der Waals surface area (Å²) in [5.74, 6) is 8.48. The molecular weight excluding hydrogens is 514 g/mol. The molecule has 7 nitrogen and oxygen atoms in total. The zero-order valence-electron chi connectivity index (χ0n) is 24.8. The third-order valence-electron chi connectivity index (χ3n) is 8.89. The van der Waals surface area contributed by atoms with Crippen LogP contribution in [0.2, 0.25) is 0 Å². The molecule has 224 valence electrons. The van der Waals surface area contributed by atoms with Gasteiger partial charge in [0.05, 0.1) is 12.1 Å². The number of hydrogen-bond donors (Lipinski definition) is 3. The lowest BCUT2D eigenvalue weighted by Gasteiger charge is -2.24. The molecule has 2 saturated carbocycles. The molecule has 0 aromatic heterocycles. The summed E-state index contributed by atoms with van der Waals surface area (Å²) >= 11 is 0. The van der Waals surface area contributed by atoms with Gasteiger partial charge >= 0.3 is 0 Å². The second kappa shape index (κ2) is 15.9.